The van der Waals surface area contributed by atoms with Crippen molar-refractivity contribution in [3.05, 3.63) is 22.9 Å². The SMILES string of the molecule is [AsH3].c1ccsc1. The summed E-state index contributed by atoms with van der Waals surface area (Å²) in [5.41, 5.74) is 0. The molecule has 1 atom stereocenters. The summed E-state index contributed by atoms with van der Waals surface area (Å²) < 4.78 is 0. The van der Waals surface area contributed by atoms with Crippen LogP contribution >= 0.6 is 11.3 Å². The van der Waals surface area contributed by atoms with Crippen LogP contribution in [0.4, 0.5) is 0 Å². The average molecular weight is 162 g/mol. The molecule has 1 aromatic rings. The molecule has 0 saturated heterocycles. The van der Waals surface area contributed by atoms with Gasteiger partial charge in [-0.2, -0.15) is 11.3 Å². The van der Waals surface area contributed by atoms with Crippen molar-refractivity contribution < 1.29 is 0 Å². The zero-order chi connectivity index (χ0) is 3.54. The normalized spacial score (nSPS) is 6.67. The van der Waals surface area contributed by atoms with Crippen molar-refractivity contribution in [3.63, 3.8) is 0 Å². The van der Waals surface area contributed by atoms with Crippen molar-refractivity contribution in [1.82, 2.24) is 0 Å². The van der Waals surface area contributed by atoms with E-state index in [-0.39, 0.29) is 18.0 Å². The van der Waals surface area contributed by atoms with Crippen LogP contribution in [-0.2, 0) is 0 Å². The Morgan fingerprint density at radius 2 is 1.50 bits per heavy atom. The van der Waals surface area contributed by atoms with Crippen LogP contribution in [0.1, 0.15) is 0 Å². The Kier molecular flexibility index (Phi) is 3.60. The Bertz CT molecular complexity index is 64.0. The van der Waals surface area contributed by atoms with E-state index in [1.165, 1.54) is 0 Å². The van der Waals surface area contributed by atoms with Gasteiger partial charge in [0, 0.05) is 0 Å². The minimum Gasteiger partial charge on any atom is -0.152 e. The van der Waals surface area contributed by atoms with Crippen molar-refractivity contribution >= 4 is 29.3 Å². The Morgan fingerprint density at radius 3 is 1.67 bits per heavy atom. The van der Waals surface area contributed by atoms with Crippen LogP contribution in [0, 0.1) is 0 Å². The Hall–Kier alpha value is 0.258. The molecular weight excluding hydrogens is 155 g/mol. The molecule has 1 rings (SSSR count). The quantitative estimate of drug-likeness (QED) is 0.489. The minimum absolute atomic E-state index is 0. The van der Waals surface area contributed by atoms with E-state index < -0.39 is 0 Å². The van der Waals surface area contributed by atoms with Gasteiger partial charge in [0.25, 0.3) is 0 Å². The van der Waals surface area contributed by atoms with Gasteiger partial charge < -0.3 is 0 Å². The predicted octanol–water partition coefficient (Wildman–Crippen LogP) is 0.564. The minimum atomic E-state index is 0. The van der Waals surface area contributed by atoms with Gasteiger partial charge in [-0.1, -0.05) is 12.1 Å². The maximum atomic E-state index is 2.04. The topological polar surface area (TPSA) is 0 Å². The summed E-state index contributed by atoms with van der Waals surface area (Å²) in [5.74, 6) is 0. The van der Waals surface area contributed by atoms with Gasteiger partial charge in [-0.15, -0.1) is 0 Å². The van der Waals surface area contributed by atoms with Gasteiger partial charge in [-0.05, 0) is 10.8 Å². The van der Waals surface area contributed by atoms with Gasteiger partial charge in [0.2, 0.25) is 0 Å². The van der Waals surface area contributed by atoms with Crippen molar-refractivity contribution in [3.8, 4) is 0 Å². The van der Waals surface area contributed by atoms with E-state index in [2.05, 4.69) is 0 Å². The third kappa shape index (κ3) is 1.64. The second-order valence-corrected chi connectivity index (χ2v) is 1.61. The predicted molar refractivity (Wildman–Crippen MR) is 34.3 cm³/mol. The molecule has 1 heterocycles. The van der Waals surface area contributed by atoms with E-state index in [1.54, 1.807) is 11.3 Å². The Balaban J connectivity index is 0.000000250. The number of hydrogen-bond donors (Lipinski definition) is 0. The van der Waals surface area contributed by atoms with E-state index >= 15 is 0 Å². The van der Waals surface area contributed by atoms with Crippen LogP contribution in [0.25, 0.3) is 0 Å². The summed E-state index contributed by atoms with van der Waals surface area (Å²) in [6.45, 7) is 0. The number of rotatable bonds is 0. The summed E-state index contributed by atoms with van der Waals surface area (Å²) in [6, 6.07) is 4.04. The van der Waals surface area contributed by atoms with Crippen molar-refractivity contribution in [2.45, 2.75) is 0 Å². The first-order valence-electron chi connectivity index (χ1n) is 1.47. The Labute approximate surface area is 52.5 Å². The first-order chi connectivity index (χ1) is 2.50. The van der Waals surface area contributed by atoms with Crippen LogP contribution in [0.15, 0.2) is 22.9 Å². The second-order valence-electron chi connectivity index (χ2n) is 0.793. The molecule has 34 valence electrons. The van der Waals surface area contributed by atoms with Gasteiger partial charge in [0.1, 0.15) is 0 Å². The maximum Gasteiger partial charge on any atom is -0.00934 e. The maximum absolute atomic E-state index is 2.04. The zero-order valence-corrected chi connectivity index (χ0v) is 7.21. The third-order valence-corrected chi connectivity index (χ3v) is 1.05. The zero-order valence-electron chi connectivity index (χ0n) is 3.42. The summed E-state index contributed by atoms with van der Waals surface area (Å²) in [7, 11) is 0. The molecule has 0 N–H and O–H groups in total. The molecule has 0 saturated carbocycles. The molecule has 0 aromatic carbocycles. The fraction of sp³-hybridized carbons (Fsp3) is 0. The molecule has 0 fully saturated rings. The summed E-state index contributed by atoms with van der Waals surface area (Å²) >= 11 is 1.71. The van der Waals surface area contributed by atoms with Gasteiger partial charge in [-0.3, -0.25) is 0 Å². The Morgan fingerprint density at radius 1 is 1.00 bits per heavy atom. The molecule has 2 heteroatoms. The first kappa shape index (κ1) is 6.26. The smallest absolute Gasteiger partial charge is 0.00934 e. The van der Waals surface area contributed by atoms with E-state index in [9.17, 15) is 0 Å². The molecule has 0 aliphatic rings. The standard InChI is InChI=1S/C4H4S.AsH3/c1-2-4-5-3-1;/h1-4H;1H3. The largest absolute Gasteiger partial charge is 0.152 e. The van der Waals surface area contributed by atoms with Crippen LogP contribution in [-0.4, -0.2) is 18.0 Å². The summed E-state index contributed by atoms with van der Waals surface area (Å²) in [4.78, 5) is 0. The van der Waals surface area contributed by atoms with Crippen LogP contribution in [0.3, 0.4) is 0 Å². The van der Waals surface area contributed by atoms with Crippen LogP contribution in [0.5, 0.6) is 0 Å². The summed E-state index contributed by atoms with van der Waals surface area (Å²) in [5, 5.41) is 4.08. The molecule has 1 aromatic heterocycles. The number of thiophene rings is 1. The molecular formula is C4H7AsS. The van der Waals surface area contributed by atoms with Crippen LogP contribution < -0.4 is 0 Å². The van der Waals surface area contributed by atoms with Crippen molar-refractivity contribution in [2.24, 2.45) is 0 Å². The van der Waals surface area contributed by atoms with E-state index in [0.29, 0.717) is 0 Å². The molecule has 0 spiro atoms. The van der Waals surface area contributed by atoms with Crippen molar-refractivity contribution in [1.29, 1.82) is 0 Å². The molecule has 0 bridgehead atoms. The molecule has 0 aliphatic heterocycles. The van der Waals surface area contributed by atoms with Gasteiger partial charge in [0.15, 0.2) is 0 Å². The van der Waals surface area contributed by atoms with Crippen LogP contribution in [0.2, 0.25) is 0 Å². The van der Waals surface area contributed by atoms with E-state index in [0.717, 1.165) is 0 Å². The average Bonchev–Trinajstić information content (AvgIpc) is 1.76. The molecule has 0 amide bonds. The molecule has 1 unspecified atom stereocenters. The van der Waals surface area contributed by atoms with Gasteiger partial charge >= 0.3 is 18.0 Å². The molecule has 0 radical (unpaired) electrons. The first-order valence-corrected chi connectivity index (χ1v) is 2.41. The van der Waals surface area contributed by atoms with Gasteiger partial charge in [0.05, 0.1) is 0 Å². The van der Waals surface area contributed by atoms with E-state index in [4.69, 9.17) is 0 Å². The van der Waals surface area contributed by atoms with Crippen molar-refractivity contribution in [2.75, 3.05) is 0 Å². The molecule has 0 nitrogen and oxygen atoms in total. The van der Waals surface area contributed by atoms with E-state index in [1.807, 2.05) is 22.9 Å². The number of hydrogen-bond acceptors (Lipinski definition) is 1. The van der Waals surface area contributed by atoms with Gasteiger partial charge in [-0.25, -0.2) is 0 Å². The second kappa shape index (κ2) is 3.45. The molecule has 6 heavy (non-hydrogen) atoms. The summed E-state index contributed by atoms with van der Waals surface area (Å²) in [6.07, 6.45) is 0. The molecule has 0 aliphatic carbocycles. The third-order valence-electron chi connectivity index (χ3n) is 0.425. The fourth-order valence-corrected chi connectivity index (χ4v) is 0.680. The fourth-order valence-electron chi connectivity index (χ4n) is 0.227. The monoisotopic (exact) mass is 162 g/mol.